The fourth-order valence-electron chi connectivity index (χ4n) is 1.60. The topological polar surface area (TPSA) is 49.2 Å². The summed E-state index contributed by atoms with van der Waals surface area (Å²) in [5, 5.41) is 0. The molecule has 0 saturated heterocycles. The molecule has 0 unspecified atom stereocenters. The van der Waals surface area contributed by atoms with E-state index in [1.54, 1.807) is 14.2 Å². The van der Waals surface area contributed by atoms with Crippen LogP contribution in [0.2, 0.25) is 0 Å². The number of rotatable bonds is 3. The van der Waals surface area contributed by atoms with Gasteiger partial charge in [-0.1, -0.05) is 0 Å². The Morgan fingerprint density at radius 2 is 1.75 bits per heavy atom. The smallest absolute Gasteiger partial charge is 0.229 e. The summed E-state index contributed by atoms with van der Waals surface area (Å²) in [6.45, 7) is 0. The van der Waals surface area contributed by atoms with Crippen LogP contribution in [0.5, 0.6) is 11.8 Å². The Hall–Kier alpha value is -2.04. The summed E-state index contributed by atoms with van der Waals surface area (Å²) in [4.78, 5) is 8.15. The molecule has 0 aliphatic carbocycles. The van der Waals surface area contributed by atoms with E-state index >= 15 is 0 Å². The number of hydrogen-bond donors (Lipinski definition) is 0. The molecule has 2 aromatic heterocycles. The lowest BCUT2D eigenvalue weighted by Crippen LogP contribution is -2.00. The molecule has 0 saturated carbocycles. The molecule has 5 nitrogen and oxygen atoms in total. The largest absolute Gasteiger partial charge is 0.480 e. The molecule has 0 aliphatic heterocycles. The molecular formula is C11H13N3O2. The summed E-state index contributed by atoms with van der Waals surface area (Å²) < 4.78 is 12.4. The highest BCUT2D eigenvalue weighted by Crippen LogP contribution is 2.34. The number of hydrogen-bond acceptors (Lipinski definition) is 4. The minimum absolute atomic E-state index is 0.508. The van der Waals surface area contributed by atoms with Gasteiger partial charge in [-0.3, -0.25) is 0 Å². The second kappa shape index (κ2) is 4.22. The van der Waals surface area contributed by atoms with E-state index in [0.717, 1.165) is 11.3 Å². The van der Waals surface area contributed by atoms with Gasteiger partial charge in [0.25, 0.3) is 0 Å². The van der Waals surface area contributed by atoms with Crippen molar-refractivity contribution >= 4 is 0 Å². The fourth-order valence-corrected chi connectivity index (χ4v) is 1.60. The molecule has 0 aliphatic rings. The lowest BCUT2D eigenvalue weighted by molar-refractivity contribution is 0.374. The van der Waals surface area contributed by atoms with Crippen LogP contribution in [0, 0.1) is 0 Å². The highest BCUT2D eigenvalue weighted by molar-refractivity contribution is 5.70. The molecule has 16 heavy (non-hydrogen) atoms. The molecule has 0 fully saturated rings. The van der Waals surface area contributed by atoms with Gasteiger partial charge in [-0.15, -0.1) is 0 Å². The fraction of sp³-hybridized carbons (Fsp3) is 0.273. The molecule has 2 aromatic rings. The Balaban J connectivity index is 2.66. The second-order valence-electron chi connectivity index (χ2n) is 3.27. The minimum atomic E-state index is 0.508. The maximum absolute atomic E-state index is 5.22. The summed E-state index contributed by atoms with van der Waals surface area (Å²) in [5.41, 5.74) is 1.72. The molecule has 0 atom stereocenters. The third kappa shape index (κ3) is 1.60. The molecule has 0 spiro atoms. The number of aryl methyl sites for hydroxylation is 1. The first-order valence-electron chi connectivity index (χ1n) is 4.82. The van der Waals surface area contributed by atoms with Gasteiger partial charge in [0.1, 0.15) is 11.9 Å². The van der Waals surface area contributed by atoms with Gasteiger partial charge in [-0.05, 0) is 12.1 Å². The predicted molar refractivity (Wildman–Crippen MR) is 59.5 cm³/mol. The standard InChI is InChI=1S/C11H13N3O2/c1-14-6-4-5-8(14)9-10(15-2)12-7-13-11(9)16-3/h4-7H,1-3H3. The number of ether oxygens (including phenoxy) is 2. The van der Waals surface area contributed by atoms with Crippen molar-refractivity contribution in [2.24, 2.45) is 7.05 Å². The van der Waals surface area contributed by atoms with E-state index in [2.05, 4.69) is 9.97 Å². The van der Waals surface area contributed by atoms with Crippen LogP contribution in [-0.2, 0) is 7.05 Å². The van der Waals surface area contributed by atoms with E-state index in [0.29, 0.717) is 11.8 Å². The van der Waals surface area contributed by atoms with Crippen LogP contribution in [0.3, 0.4) is 0 Å². The van der Waals surface area contributed by atoms with E-state index in [4.69, 9.17) is 9.47 Å². The van der Waals surface area contributed by atoms with Crippen molar-refractivity contribution in [1.82, 2.24) is 14.5 Å². The van der Waals surface area contributed by atoms with Gasteiger partial charge in [0.05, 0.1) is 19.9 Å². The zero-order valence-electron chi connectivity index (χ0n) is 9.47. The first-order chi connectivity index (χ1) is 7.77. The van der Waals surface area contributed by atoms with Crippen molar-refractivity contribution in [1.29, 1.82) is 0 Å². The summed E-state index contributed by atoms with van der Waals surface area (Å²) in [5.74, 6) is 1.02. The minimum Gasteiger partial charge on any atom is -0.480 e. The van der Waals surface area contributed by atoms with Crippen molar-refractivity contribution < 1.29 is 9.47 Å². The van der Waals surface area contributed by atoms with Crippen molar-refractivity contribution in [2.75, 3.05) is 14.2 Å². The number of methoxy groups -OCH3 is 2. The van der Waals surface area contributed by atoms with Gasteiger partial charge in [-0.25, -0.2) is 9.97 Å². The van der Waals surface area contributed by atoms with Crippen LogP contribution in [0.1, 0.15) is 0 Å². The van der Waals surface area contributed by atoms with E-state index in [9.17, 15) is 0 Å². The van der Waals surface area contributed by atoms with Crippen LogP contribution in [-0.4, -0.2) is 28.8 Å². The first-order valence-corrected chi connectivity index (χ1v) is 4.82. The van der Waals surface area contributed by atoms with Crippen molar-refractivity contribution in [3.63, 3.8) is 0 Å². The van der Waals surface area contributed by atoms with Crippen LogP contribution >= 0.6 is 0 Å². The Kier molecular flexibility index (Phi) is 2.76. The normalized spacial score (nSPS) is 10.2. The molecule has 0 aromatic carbocycles. The van der Waals surface area contributed by atoms with Crippen molar-refractivity contribution in [2.45, 2.75) is 0 Å². The molecule has 0 amide bonds. The lowest BCUT2D eigenvalue weighted by atomic mass is 10.2. The maximum Gasteiger partial charge on any atom is 0.229 e. The van der Waals surface area contributed by atoms with Crippen molar-refractivity contribution in [3.8, 4) is 23.0 Å². The number of nitrogens with zero attached hydrogens (tertiary/aromatic N) is 3. The van der Waals surface area contributed by atoms with Crippen LogP contribution in [0.25, 0.3) is 11.3 Å². The third-order valence-electron chi connectivity index (χ3n) is 2.36. The van der Waals surface area contributed by atoms with E-state index in [1.807, 2.05) is 29.9 Å². The molecule has 0 radical (unpaired) electrons. The Morgan fingerprint density at radius 1 is 1.12 bits per heavy atom. The molecule has 0 N–H and O–H groups in total. The van der Waals surface area contributed by atoms with Crippen LogP contribution in [0.15, 0.2) is 24.7 Å². The molecule has 2 heterocycles. The molecule has 84 valence electrons. The summed E-state index contributed by atoms with van der Waals surface area (Å²) in [6.07, 6.45) is 3.37. The number of aromatic nitrogens is 3. The molecule has 0 bridgehead atoms. The van der Waals surface area contributed by atoms with Crippen LogP contribution in [0.4, 0.5) is 0 Å². The van der Waals surface area contributed by atoms with E-state index < -0.39 is 0 Å². The second-order valence-corrected chi connectivity index (χ2v) is 3.27. The Morgan fingerprint density at radius 3 is 2.19 bits per heavy atom. The monoisotopic (exact) mass is 219 g/mol. The van der Waals surface area contributed by atoms with Gasteiger partial charge in [0.2, 0.25) is 11.8 Å². The van der Waals surface area contributed by atoms with Gasteiger partial charge in [-0.2, -0.15) is 0 Å². The highest BCUT2D eigenvalue weighted by atomic mass is 16.5. The summed E-state index contributed by atoms with van der Waals surface area (Å²) in [6, 6.07) is 3.91. The van der Waals surface area contributed by atoms with E-state index in [1.165, 1.54) is 6.33 Å². The average molecular weight is 219 g/mol. The molecule has 5 heteroatoms. The summed E-state index contributed by atoms with van der Waals surface area (Å²) >= 11 is 0. The zero-order valence-corrected chi connectivity index (χ0v) is 9.47. The molecule has 2 rings (SSSR count). The lowest BCUT2D eigenvalue weighted by Gasteiger charge is -2.11. The zero-order chi connectivity index (χ0) is 11.5. The van der Waals surface area contributed by atoms with Gasteiger partial charge >= 0.3 is 0 Å². The van der Waals surface area contributed by atoms with Gasteiger partial charge in [0.15, 0.2) is 0 Å². The van der Waals surface area contributed by atoms with Crippen LogP contribution < -0.4 is 9.47 Å². The molecular weight excluding hydrogens is 206 g/mol. The van der Waals surface area contributed by atoms with Gasteiger partial charge in [0, 0.05) is 13.2 Å². The quantitative estimate of drug-likeness (QED) is 0.785. The van der Waals surface area contributed by atoms with Crippen molar-refractivity contribution in [3.05, 3.63) is 24.7 Å². The van der Waals surface area contributed by atoms with E-state index in [-0.39, 0.29) is 0 Å². The summed E-state index contributed by atoms with van der Waals surface area (Å²) in [7, 11) is 5.10. The average Bonchev–Trinajstić information content (AvgIpc) is 2.74. The third-order valence-corrected chi connectivity index (χ3v) is 2.36. The Labute approximate surface area is 93.7 Å². The van der Waals surface area contributed by atoms with Gasteiger partial charge < -0.3 is 14.0 Å². The highest BCUT2D eigenvalue weighted by Gasteiger charge is 2.16. The Bertz CT molecular complexity index is 471. The SMILES string of the molecule is COc1ncnc(OC)c1-c1cccn1C. The predicted octanol–water partition coefficient (Wildman–Crippen LogP) is 1.50. The first kappa shape index (κ1) is 10.5. The maximum atomic E-state index is 5.22.